The Morgan fingerprint density at radius 3 is 2.47 bits per heavy atom. The molecule has 0 fully saturated rings. The largest absolute Gasteiger partial charge is 0.363 e. The van der Waals surface area contributed by atoms with Gasteiger partial charge >= 0.3 is 0 Å². The van der Waals surface area contributed by atoms with Crippen molar-refractivity contribution in [3.05, 3.63) is 69.2 Å². The van der Waals surface area contributed by atoms with Crippen molar-refractivity contribution in [2.45, 2.75) is 46.2 Å². The number of nitrogens with one attached hydrogen (secondary N) is 1. The van der Waals surface area contributed by atoms with Gasteiger partial charge in [-0.05, 0) is 39.3 Å². The number of aryl methyl sites for hydroxylation is 1. The monoisotopic (exact) mass is 471 g/mol. The summed E-state index contributed by atoms with van der Waals surface area (Å²) in [6, 6.07) is 5.50. The van der Waals surface area contributed by atoms with Crippen molar-refractivity contribution in [3.63, 3.8) is 0 Å². The molecule has 0 saturated heterocycles. The molecule has 3 aromatic rings. The van der Waals surface area contributed by atoms with E-state index in [-0.39, 0.29) is 16.6 Å². The number of aromatic nitrogens is 3. The molecular formula is C25H28F3N5O. The molecule has 1 N–H and O–H groups in total. The molecule has 0 saturated carbocycles. The molecule has 3 heterocycles. The molecule has 180 valence electrons. The number of nitrogens with zero attached hydrogens (tertiary/aromatic N) is 4. The first kappa shape index (κ1) is 23.9. The van der Waals surface area contributed by atoms with E-state index in [2.05, 4.69) is 40.1 Å². The van der Waals surface area contributed by atoms with Gasteiger partial charge in [-0.1, -0.05) is 24.3 Å². The number of alkyl halides is 2. The molecule has 0 bridgehead atoms. The van der Waals surface area contributed by atoms with Crippen LogP contribution in [-0.2, 0) is 7.05 Å². The smallest absolute Gasteiger partial charge is 0.277 e. The Bertz CT molecular complexity index is 1330. The van der Waals surface area contributed by atoms with Gasteiger partial charge in [-0.2, -0.15) is 0 Å². The van der Waals surface area contributed by atoms with Crippen LogP contribution in [0.1, 0.15) is 55.9 Å². The molecule has 0 unspecified atom stereocenters. The van der Waals surface area contributed by atoms with Gasteiger partial charge in [0.2, 0.25) is 0 Å². The third kappa shape index (κ3) is 4.32. The lowest BCUT2D eigenvalue weighted by Crippen LogP contribution is -2.29. The zero-order valence-corrected chi connectivity index (χ0v) is 19.9. The molecule has 0 radical (unpaired) electrons. The minimum atomic E-state index is -2.91. The maximum Gasteiger partial charge on any atom is 0.277 e. The summed E-state index contributed by atoms with van der Waals surface area (Å²) in [5, 5.41) is 3.63. The highest BCUT2D eigenvalue weighted by molar-refractivity contribution is 5.91. The number of benzene rings is 1. The van der Waals surface area contributed by atoms with Crippen LogP contribution in [0, 0.1) is 12.7 Å². The molecule has 2 aromatic heterocycles. The molecule has 4 rings (SSSR count). The van der Waals surface area contributed by atoms with E-state index in [1.54, 1.807) is 25.5 Å². The molecule has 1 aliphatic rings. The van der Waals surface area contributed by atoms with Crippen LogP contribution in [0.3, 0.4) is 0 Å². The summed E-state index contributed by atoms with van der Waals surface area (Å²) in [6.45, 7) is 9.09. The van der Waals surface area contributed by atoms with Crippen molar-refractivity contribution in [2.75, 3.05) is 18.4 Å². The molecule has 1 aliphatic heterocycles. The van der Waals surface area contributed by atoms with Crippen LogP contribution in [0.4, 0.5) is 19.0 Å². The van der Waals surface area contributed by atoms with Gasteiger partial charge in [-0.15, -0.1) is 0 Å². The second kappa shape index (κ2) is 9.21. The zero-order chi connectivity index (χ0) is 24.7. The van der Waals surface area contributed by atoms with Gasteiger partial charge < -0.3 is 9.88 Å². The van der Waals surface area contributed by atoms with E-state index in [1.165, 1.54) is 12.1 Å². The fraction of sp³-hybridized carbons (Fsp3) is 0.400. The second-order valence-corrected chi connectivity index (χ2v) is 8.95. The Kier molecular flexibility index (Phi) is 6.49. The zero-order valence-electron chi connectivity index (χ0n) is 19.9. The maximum atomic E-state index is 14.7. The third-order valence-electron chi connectivity index (χ3n) is 6.33. The fourth-order valence-electron chi connectivity index (χ4n) is 4.31. The van der Waals surface area contributed by atoms with Crippen LogP contribution >= 0.6 is 0 Å². The van der Waals surface area contributed by atoms with E-state index < -0.39 is 23.8 Å². The first-order chi connectivity index (χ1) is 16.1. The highest BCUT2D eigenvalue weighted by Gasteiger charge is 2.23. The average molecular weight is 472 g/mol. The Hall–Kier alpha value is -3.20. The molecule has 34 heavy (non-hydrogen) atoms. The molecule has 1 aromatic carbocycles. The van der Waals surface area contributed by atoms with Gasteiger partial charge in [0.25, 0.3) is 12.0 Å². The predicted octanol–water partition coefficient (Wildman–Crippen LogP) is 4.99. The molecule has 0 amide bonds. The van der Waals surface area contributed by atoms with Gasteiger partial charge in [-0.25, -0.2) is 23.1 Å². The highest BCUT2D eigenvalue weighted by atomic mass is 19.3. The normalized spacial score (nSPS) is 15.4. The van der Waals surface area contributed by atoms with E-state index in [0.29, 0.717) is 29.6 Å². The van der Waals surface area contributed by atoms with Crippen molar-refractivity contribution in [3.8, 4) is 0 Å². The quantitative estimate of drug-likeness (QED) is 0.549. The van der Waals surface area contributed by atoms with Crippen LogP contribution in [0.2, 0.25) is 0 Å². The summed E-state index contributed by atoms with van der Waals surface area (Å²) < 4.78 is 42.7. The lowest BCUT2D eigenvalue weighted by atomic mass is 10.0. The van der Waals surface area contributed by atoms with Gasteiger partial charge in [0, 0.05) is 37.4 Å². The van der Waals surface area contributed by atoms with Crippen molar-refractivity contribution < 1.29 is 13.2 Å². The minimum Gasteiger partial charge on any atom is -0.363 e. The summed E-state index contributed by atoms with van der Waals surface area (Å²) >= 11 is 0. The summed E-state index contributed by atoms with van der Waals surface area (Å²) in [6.07, 6.45) is -0.804. The minimum absolute atomic E-state index is 0.0948. The molecule has 0 spiro atoms. The van der Waals surface area contributed by atoms with Gasteiger partial charge in [-0.3, -0.25) is 9.69 Å². The van der Waals surface area contributed by atoms with Crippen LogP contribution in [0.25, 0.3) is 16.5 Å². The lowest BCUT2D eigenvalue weighted by molar-refractivity contribution is 0.146. The van der Waals surface area contributed by atoms with Crippen molar-refractivity contribution in [1.29, 1.82) is 0 Å². The Labute approximate surface area is 196 Å². The van der Waals surface area contributed by atoms with E-state index in [9.17, 15) is 18.0 Å². The number of hydrogen-bond donors (Lipinski definition) is 1. The van der Waals surface area contributed by atoms with E-state index in [1.807, 2.05) is 6.07 Å². The number of anilines is 1. The molecule has 1 atom stereocenters. The summed E-state index contributed by atoms with van der Waals surface area (Å²) in [5.41, 5.74) is 1.23. The molecule has 0 aliphatic carbocycles. The van der Waals surface area contributed by atoms with Crippen LogP contribution < -0.4 is 10.9 Å². The first-order valence-corrected chi connectivity index (χ1v) is 11.2. The SMILES string of the molecule is Cc1nc(N[C@H](C)c2cccc(C(F)F)c2F)c2cc(C3=CCN(C(C)C)C3)n(C)c(=O)c2n1. The number of halogens is 3. The van der Waals surface area contributed by atoms with Crippen molar-refractivity contribution in [2.24, 2.45) is 7.05 Å². The van der Waals surface area contributed by atoms with E-state index in [0.717, 1.165) is 23.9 Å². The van der Waals surface area contributed by atoms with E-state index in [4.69, 9.17) is 0 Å². The van der Waals surface area contributed by atoms with E-state index >= 15 is 0 Å². The van der Waals surface area contributed by atoms with Crippen LogP contribution in [-0.4, -0.2) is 38.6 Å². The Balaban J connectivity index is 1.79. The van der Waals surface area contributed by atoms with Crippen molar-refractivity contribution >= 4 is 22.3 Å². The fourth-order valence-corrected chi connectivity index (χ4v) is 4.31. The summed E-state index contributed by atoms with van der Waals surface area (Å²) in [7, 11) is 1.72. The Morgan fingerprint density at radius 1 is 1.12 bits per heavy atom. The van der Waals surface area contributed by atoms with Gasteiger partial charge in [0.05, 0.1) is 17.0 Å². The third-order valence-corrected chi connectivity index (χ3v) is 6.33. The number of pyridine rings is 1. The lowest BCUT2D eigenvalue weighted by Gasteiger charge is -2.21. The second-order valence-electron chi connectivity index (χ2n) is 8.95. The average Bonchev–Trinajstić information content (AvgIpc) is 3.27. The Morgan fingerprint density at radius 2 is 1.82 bits per heavy atom. The highest BCUT2D eigenvalue weighted by Crippen LogP contribution is 2.31. The predicted molar refractivity (Wildman–Crippen MR) is 128 cm³/mol. The van der Waals surface area contributed by atoms with Crippen LogP contribution in [0.5, 0.6) is 0 Å². The van der Waals surface area contributed by atoms with Gasteiger partial charge in [0.15, 0.2) is 0 Å². The topological polar surface area (TPSA) is 63.1 Å². The molecule has 6 nitrogen and oxygen atoms in total. The van der Waals surface area contributed by atoms with Crippen molar-refractivity contribution in [1.82, 2.24) is 19.4 Å². The summed E-state index contributed by atoms with van der Waals surface area (Å²) in [4.78, 5) is 24.3. The molecule has 9 heteroatoms. The number of hydrogen-bond acceptors (Lipinski definition) is 5. The first-order valence-electron chi connectivity index (χ1n) is 11.2. The number of rotatable bonds is 6. The summed E-state index contributed by atoms with van der Waals surface area (Å²) in [5.74, 6) is -0.218. The number of fused-ring (bicyclic) bond motifs is 1. The maximum absolute atomic E-state index is 14.7. The molecular weight excluding hydrogens is 443 g/mol. The standard InChI is InChI=1S/C25H28F3N5O/c1-13(2)33-10-9-16(12-33)20-11-19-22(25(34)32(20)5)30-15(4)31-24(19)29-14(3)17-7-6-8-18(21(17)26)23(27)28/h6-9,11,13-14,23H,10,12H2,1-5H3,(H,29,30,31)/t14-/m1/s1. The van der Waals surface area contributed by atoms with Gasteiger partial charge in [0.1, 0.15) is 23.0 Å². The van der Waals surface area contributed by atoms with Crippen LogP contribution in [0.15, 0.2) is 35.1 Å².